The molecule has 0 aliphatic carbocycles. The number of alkyl halides is 1. The monoisotopic (exact) mass is 576 g/mol. The molecule has 3 aromatic carbocycles. The highest BCUT2D eigenvalue weighted by atomic mass is 79.9. The molecule has 8 heteroatoms. The van der Waals surface area contributed by atoms with Crippen LogP contribution in [0.15, 0.2) is 102 Å². The third kappa shape index (κ3) is 5.36. The average Bonchev–Trinajstić information content (AvgIpc) is 2.95. The van der Waals surface area contributed by atoms with E-state index in [1.54, 1.807) is 0 Å². The smallest absolute Gasteiger partial charge is 0.356 e. The highest BCUT2D eigenvalue weighted by Crippen LogP contribution is 2.42. The summed E-state index contributed by atoms with van der Waals surface area (Å²) in [6.07, 6.45) is -0.431. The van der Waals surface area contributed by atoms with Crippen LogP contribution in [0, 0.1) is 0 Å². The van der Waals surface area contributed by atoms with E-state index in [2.05, 4.69) is 21.2 Å². The number of thioether (sulfide) groups is 1. The molecule has 1 N–H and O–H groups in total. The molecule has 1 saturated heterocycles. The van der Waals surface area contributed by atoms with Crippen molar-refractivity contribution in [2.24, 2.45) is 0 Å². The first-order valence-corrected chi connectivity index (χ1v) is 14.1. The van der Waals surface area contributed by atoms with Crippen LogP contribution in [0.2, 0.25) is 0 Å². The number of halogens is 1. The first kappa shape index (κ1) is 25.3. The Balaban J connectivity index is 1.35. The summed E-state index contributed by atoms with van der Waals surface area (Å²) in [7, 11) is 0. The van der Waals surface area contributed by atoms with Gasteiger partial charge in [-0.1, -0.05) is 107 Å². The number of fused-ring (bicyclic) bond motifs is 1. The molecule has 0 saturated carbocycles. The number of ether oxygens (including phenoxy) is 1. The number of amides is 2. The summed E-state index contributed by atoms with van der Waals surface area (Å²) in [4.78, 5) is 41.0. The van der Waals surface area contributed by atoms with Crippen LogP contribution in [0.4, 0.5) is 0 Å². The van der Waals surface area contributed by atoms with Crippen molar-refractivity contribution in [3.8, 4) is 0 Å². The number of hydrogen-bond donors (Lipinski definition) is 1. The lowest BCUT2D eigenvalue weighted by Gasteiger charge is -2.49. The second-order valence-electron chi connectivity index (χ2n) is 8.81. The Morgan fingerprint density at radius 1 is 0.946 bits per heavy atom. The van der Waals surface area contributed by atoms with Gasteiger partial charge >= 0.3 is 5.97 Å². The summed E-state index contributed by atoms with van der Waals surface area (Å²) in [5, 5.41) is 2.94. The maximum Gasteiger partial charge on any atom is 0.356 e. The fourth-order valence-electron chi connectivity index (χ4n) is 4.53. The summed E-state index contributed by atoms with van der Waals surface area (Å²) < 4.78 is 6.08. The Labute approximate surface area is 228 Å². The topological polar surface area (TPSA) is 75.7 Å². The molecule has 0 bridgehead atoms. The Morgan fingerprint density at radius 3 is 2.08 bits per heavy atom. The molecule has 188 valence electrons. The van der Waals surface area contributed by atoms with E-state index in [1.807, 2.05) is 91.0 Å². The normalized spacial score (nSPS) is 18.8. The minimum atomic E-state index is -0.681. The van der Waals surface area contributed by atoms with Gasteiger partial charge in [-0.15, -0.1) is 11.8 Å². The third-order valence-corrected chi connectivity index (χ3v) is 8.37. The molecule has 3 aromatic rings. The summed E-state index contributed by atoms with van der Waals surface area (Å²) in [5.74, 6) is -0.534. The SMILES string of the molecule is O=C(Cc1ccccc1)NC1C(=O)N2C(C(=O)OC(c3ccccc3)c3ccccc3)=C(CBr)CS[C@H]12. The van der Waals surface area contributed by atoms with E-state index < -0.39 is 18.1 Å². The van der Waals surface area contributed by atoms with E-state index >= 15 is 0 Å². The molecule has 37 heavy (non-hydrogen) atoms. The number of carbonyl (C=O) groups is 3. The zero-order valence-corrected chi connectivity index (χ0v) is 22.3. The van der Waals surface area contributed by atoms with Gasteiger partial charge in [0.2, 0.25) is 5.91 Å². The number of rotatable bonds is 8. The van der Waals surface area contributed by atoms with Crippen molar-refractivity contribution in [2.75, 3.05) is 11.1 Å². The van der Waals surface area contributed by atoms with E-state index in [4.69, 9.17) is 4.74 Å². The molecule has 0 spiro atoms. The highest BCUT2D eigenvalue weighted by Gasteiger charge is 2.54. The number of esters is 1. The Bertz CT molecular complexity index is 1280. The lowest BCUT2D eigenvalue weighted by molar-refractivity contribution is -0.154. The van der Waals surface area contributed by atoms with Gasteiger partial charge < -0.3 is 10.1 Å². The number of hydrogen-bond acceptors (Lipinski definition) is 5. The molecular weight excluding hydrogens is 552 g/mol. The fourth-order valence-corrected chi connectivity index (χ4v) is 6.60. The number of benzene rings is 3. The standard InChI is InChI=1S/C29H25BrN2O4S/c30-17-22-18-37-28-24(31-23(33)16-19-10-4-1-5-11-19)27(34)32(28)25(22)29(35)36-26(20-12-6-2-7-13-20)21-14-8-3-9-15-21/h1-15,24,26,28H,16-18H2,(H,31,33)/t24?,28-/m1/s1. The predicted molar refractivity (Wildman–Crippen MR) is 147 cm³/mol. The highest BCUT2D eigenvalue weighted by molar-refractivity contribution is 9.09. The van der Waals surface area contributed by atoms with Crippen molar-refractivity contribution in [3.63, 3.8) is 0 Å². The van der Waals surface area contributed by atoms with Crippen LogP contribution < -0.4 is 5.32 Å². The largest absolute Gasteiger partial charge is 0.448 e. The molecule has 0 aromatic heterocycles. The predicted octanol–water partition coefficient (Wildman–Crippen LogP) is 4.61. The van der Waals surface area contributed by atoms with Gasteiger partial charge in [0.1, 0.15) is 17.1 Å². The molecule has 2 aliphatic heterocycles. The van der Waals surface area contributed by atoms with Crippen molar-refractivity contribution in [3.05, 3.63) is 119 Å². The lowest BCUT2D eigenvalue weighted by atomic mass is 10.0. The maximum absolute atomic E-state index is 13.6. The van der Waals surface area contributed by atoms with Crippen molar-refractivity contribution in [1.82, 2.24) is 10.2 Å². The van der Waals surface area contributed by atoms with Gasteiger partial charge in [-0.25, -0.2) is 4.79 Å². The quantitative estimate of drug-likeness (QED) is 0.241. The second-order valence-corrected chi connectivity index (χ2v) is 10.5. The minimum absolute atomic E-state index is 0.190. The second kappa shape index (κ2) is 11.4. The molecule has 1 unspecified atom stereocenters. The van der Waals surface area contributed by atoms with Gasteiger partial charge in [0.05, 0.1) is 6.42 Å². The molecule has 0 radical (unpaired) electrons. The summed E-state index contributed by atoms with van der Waals surface area (Å²) in [5.41, 5.74) is 3.60. The first-order valence-electron chi connectivity index (χ1n) is 11.9. The first-order chi connectivity index (χ1) is 18.1. The minimum Gasteiger partial charge on any atom is -0.448 e. The van der Waals surface area contributed by atoms with Gasteiger partial charge in [0.25, 0.3) is 5.91 Å². The molecule has 2 atom stereocenters. The molecule has 2 amide bonds. The van der Waals surface area contributed by atoms with Crippen molar-refractivity contribution < 1.29 is 19.1 Å². The van der Waals surface area contributed by atoms with Gasteiger partial charge in [0.15, 0.2) is 6.10 Å². The van der Waals surface area contributed by atoms with Gasteiger partial charge in [-0.2, -0.15) is 0 Å². The zero-order chi connectivity index (χ0) is 25.8. The molecule has 5 rings (SSSR count). The van der Waals surface area contributed by atoms with Gasteiger partial charge in [-0.3, -0.25) is 14.5 Å². The van der Waals surface area contributed by atoms with E-state index in [-0.39, 0.29) is 29.3 Å². The van der Waals surface area contributed by atoms with Crippen molar-refractivity contribution in [2.45, 2.75) is 23.9 Å². The summed E-state index contributed by atoms with van der Waals surface area (Å²) in [6.45, 7) is 0. The Morgan fingerprint density at radius 2 is 1.51 bits per heavy atom. The summed E-state index contributed by atoms with van der Waals surface area (Å²) in [6, 6.07) is 27.8. The van der Waals surface area contributed by atoms with E-state index in [0.29, 0.717) is 11.1 Å². The fraction of sp³-hybridized carbons (Fsp3) is 0.207. The van der Waals surface area contributed by atoms with E-state index in [1.165, 1.54) is 16.7 Å². The van der Waals surface area contributed by atoms with Crippen molar-refractivity contribution >= 4 is 45.5 Å². The molecule has 2 aliphatic rings. The van der Waals surface area contributed by atoms with E-state index in [0.717, 1.165) is 22.3 Å². The lowest BCUT2D eigenvalue weighted by Crippen LogP contribution is -2.70. The molecule has 2 heterocycles. The van der Waals surface area contributed by atoms with Crippen LogP contribution in [-0.2, 0) is 25.5 Å². The van der Waals surface area contributed by atoms with Crippen LogP contribution in [0.5, 0.6) is 0 Å². The number of nitrogens with one attached hydrogen (secondary N) is 1. The molecule has 1 fully saturated rings. The number of nitrogens with zero attached hydrogens (tertiary/aromatic N) is 1. The van der Waals surface area contributed by atoms with Crippen LogP contribution >= 0.6 is 27.7 Å². The van der Waals surface area contributed by atoms with Gasteiger partial charge in [-0.05, 0) is 22.3 Å². The number of carbonyl (C=O) groups excluding carboxylic acids is 3. The molecule has 6 nitrogen and oxygen atoms in total. The van der Waals surface area contributed by atoms with Crippen LogP contribution in [0.1, 0.15) is 22.8 Å². The van der Waals surface area contributed by atoms with Crippen molar-refractivity contribution in [1.29, 1.82) is 0 Å². The average molecular weight is 578 g/mol. The summed E-state index contributed by atoms with van der Waals surface area (Å²) >= 11 is 5.01. The van der Waals surface area contributed by atoms with Crippen LogP contribution in [0.3, 0.4) is 0 Å². The third-order valence-electron chi connectivity index (χ3n) is 6.36. The maximum atomic E-state index is 13.6. The Kier molecular flexibility index (Phi) is 7.76. The molecular formula is C29H25BrN2O4S. The van der Waals surface area contributed by atoms with Crippen LogP contribution in [-0.4, -0.2) is 45.2 Å². The Hall–Kier alpha value is -3.36. The zero-order valence-electron chi connectivity index (χ0n) is 19.9. The van der Waals surface area contributed by atoms with Gasteiger partial charge in [0, 0.05) is 11.1 Å². The van der Waals surface area contributed by atoms with Crippen LogP contribution in [0.25, 0.3) is 0 Å². The number of β-lactam (4-membered cyclic amide) rings is 1. The van der Waals surface area contributed by atoms with E-state index in [9.17, 15) is 14.4 Å².